The molecule has 1 aliphatic rings. The van der Waals surface area contributed by atoms with Crippen LogP contribution in [0.15, 0.2) is 70.7 Å². The number of morpholine rings is 1. The molecule has 8 nitrogen and oxygen atoms in total. The molecule has 0 amide bonds. The van der Waals surface area contributed by atoms with Crippen LogP contribution in [0.25, 0.3) is 11.3 Å². The van der Waals surface area contributed by atoms with Crippen molar-refractivity contribution in [1.82, 2.24) is 14.7 Å². The van der Waals surface area contributed by atoms with Gasteiger partial charge in [-0.25, -0.2) is 12.8 Å². The monoisotopic (exact) mass is 487 g/mol. The van der Waals surface area contributed by atoms with Crippen molar-refractivity contribution in [2.75, 3.05) is 31.6 Å². The Morgan fingerprint density at radius 1 is 1.06 bits per heavy atom. The van der Waals surface area contributed by atoms with E-state index in [0.29, 0.717) is 32.0 Å². The van der Waals surface area contributed by atoms with E-state index in [1.807, 2.05) is 12.1 Å². The molecule has 3 aromatic rings. The molecular weight excluding hydrogens is 465 g/mol. The second-order valence-electron chi connectivity index (χ2n) is 7.20. The van der Waals surface area contributed by atoms with Gasteiger partial charge in [-0.15, -0.1) is 0 Å². The first-order valence-corrected chi connectivity index (χ1v) is 12.0. The van der Waals surface area contributed by atoms with E-state index in [4.69, 9.17) is 17.0 Å². The second-order valence-corrected chi connectivity index (χ2v) is 9.55. The standard InChI is InChI=1S/C22H22FN5O3S2/c23-17-3-1-16(2-4-17)21-10-7-19(25-21)15-24-27-22(32)26-18-5-8-20(9-6-18)33(29,30)28-11-13-31-14-12-28/h1-10,15,25H,11-14H2,(H2,26,27,32). The molecule has 1 fully saturated rings. The van der Waals surface area contributed by atoms with Gasteiger partial charge in [-0.2, -0.15) is 9.41 Å². The fraction of sp³-hybridized carbons (Fsp3) is 0.182. The molecule has 0 bridgehead atoms. The lowest BCUT2D eigenvalue weighted by Crippen LogP contribution is -2.40. The van der Waals surface area contributed by atoms with Gasteiger partial charge in [0.05, 0.1) is 30.0 Å². The Hall–Kier alpha value is -3.12. The minimum Gasteiger partial charge on any atom is -0.379 e. The van der Waals surface area contributed by atoms with Gasteiger partial charge < -0.3 is 15.0 Å². The van der Waals surface area contributed by atoms with Gasteiger partial charge in [0, 0.05) is 24.5 Å². The van der Waals surface area contributed by atoms with Gasteiger partial charge >= 0.3 is 0 Å². The van der Waals surface area contributed by atoms with Crippen molar-refractivity contribution in [2.24, 2.45) is 5.10 Å². The molecule has 0 spiro atoms. The Labute approximate surface area is 196 Å². The van der Waals surface area contributed by atoms with Crippen LogP contribution in [0.2, 0.25) is 0 Å². The minimum atomic E-state index is -3.54. The zero-order valence-corrected chi connectivity index (χ0v) is 19.1. The number of H-pyrrole nitrogens is 1. The van der Waals surface area contributed by atoms with Crippen LogP contribution in [0.1, 0.15) is 5.69 Å². The van der Waals surface area contributed by atoms with Crippen LogP contribution in [0.3, 0.4) is 0 Å². The number of nitrogens with one attached hydrogen (secondary N) is 3. The van der Waals surface area contributed by atoms with E-state index in [1.54, 1.807) is 30.5 Å². The van der Waals surface area contributed by atoms with Gasteiger partial charge in [-0.3, -0.25) is 5.43 Å². The van der Waals surface area contributed by atoms with Crippen LogP contribution < -0.4 is 10.7 Å². The molecule has 0 saturated carbocycles. The molecular formula is C22H22FN5O3S2. The number of aromatic nitrogens is 1. The zero-order valence-electron chi connectivity index (χ0n) is 17.5. The maximum absolute atomic E-state index is 13.1. The minimum absolute atomic E-state index is 0.218. The molecule has 2 aromatic carbocycles. The molecule has 2 heterocycles. The normalized spacial score (nSPS) is 14.9. The first kappa shape index (κ1) is 23.1. The number of ether oxygens (including phenoxy) is 1. The Morgan fingerprint density at radius 2 is 1.76 bits per heavy atom. The third kappa shape index (κ3) is 5.82. The van der Waals surface area contributed by atoms with E-state index in [-0.39, 0.29) is 15.8 Å². The molecule has 3 N–H and O–H groups in total. The topological polar surface area (TPSA) is 98.8 Å². The van der Waals surface area contributed by atoms with Crippen molar-refractivity contribution in [3.05, 3.63) is 72.2 Å². The number of aromatic amines is 1. The van der Waals surface area contributed by atoms with E-state index in [9.17, 15) is 12.8 Å². The molecule has 0 radical (unpaired) electrons. The highest BCUT2D eigenvalue weighted by Crippen LogP contribution is 2.20. The third-order valence-corrected chi connectivity index (χ3v) is 7.06. The van der Waals surface area contributed by atoms with Crippen molar-refractivity contribution in [3.63, 3.8) is 0 Å². The van der Waals surface area contributed by atoms with Gasteiger partial charge in [0.25, 0.3) is 0 Å². The average Bonchev–Trinajstić information content (AvgIpc) is 3.29. The first-order chi connectivity index (χ1) is 15.9. The number of sulfonamides is 1. The molecule has 1 aromatic heterocycles. The van der Waals surface area contributed by atoms with E-state index in [2.05, 4.69) is 20.8 Å². The van der Waals surface area contributed by atoms with Crippen LogP contribution >= 0.6 is 12.2 Å². The Kier molecular flexibility index (Phi) is 7.14. The van der Waals surface area contributed by atoms with Crippen molar-refractivity contribution in [3.8, 4) is 11.3 Å². The molecule has 11 heteroatoms. The summed E-state index contributed by atoms with van der Waals surface area (Å²) in [5.41, 5.74) is 5.78. The maximum atomic E-state index is 13.1. The number of rotatable bonds is 6. The summed E-state index contributed by atoms with van der Waals surface area (Å²) in [6.07, 6.45) is 1.57. The first-order valence-electron chi connectivity index (χ1n) is 10.1. The van der Waals surface area contributed by atoms with Gasteiger partial charge in [0.2, 0.25) is 10.0 Å². The van der Waals surface area contributed by atoms with Crippen molar-refractivity contribution >= 4 is 39.3 Å². The highest BCUT2D eigenvalue weighted by atomic mass is 32.2. The number of thiocarbonyl (C=S) groups is 1. The molecule has 0 atom stereocenters. The van der Waals surface area contributed by atoms with E-state index in [1.165, 1.54) is 28.6 Å². The predicted molar refractivity (Wildman–Crippen MR) is 129 cm³/mol. The molecule has 1 saturated heterocycles. The van der Waals surface area contributed by atoms with Crippen LogP contribution in [0, 0.1) is 5.82 Å². The number of benzene rings is 2. The largest absolute Gasteiger partial charge is 0.379 e. The maximum Gasteiger partial charge on any atom is 0.243 e. The zero-order chi connectivity index (χ0) is 23.3. The predicted octanol–water partition coefficient (Wildman–Crippen LogP) is 3.16. The van der Waals surface area contributed by atoms with E-state index in [0.717, 1.165) is 17.0 Å². The van der Waals surface area contributed by atoms with Crippen LogP contribution in [-0.2, 0) is 14.8 Å². The summed E-state index contributed by atoms with van der Waals surface area (Å²) in [6.45, 7) is 1.49. The number of halogens is 1. The number of hydrazone groups is 1. The smallest absolute Gasteiger partial charge is 0.243 e. The second kappa shape index (κ2) is 10.2. The molecule has 0 aliphatic carbocycles. The summed E-state index contributed by atoms with van der Waals surface area (Å²) < 4.78 is 45.1. The lowest BCUT2D eigenvalue weighted by molar-refractivity contribution is 0.0730. The van der Waals surface area contributed by atoms with Gasteiger partial charge in [0.15, 0.2) is 5.11 Å². The molecule has 33 heavy (non-hydrogen) atoms. The SMILES string of the molecule is O=S(=O)(c1ccc(NC(=S)NN=Cc2ccc(-c3ccc(F)cc3)[nH]2)cc1)N1CCOCC1. The Balaban J connectivity index is 1.31. The quantitative estimate of drug-likeness (QED) is 0.281. The summed E-state index contributed by atoms with van der Waals surface area (Å²) >= 11 is 5.23. The van der Waals surface area contributed by atoms with E-state index < -0.39 is 10.0 Å². The van der Waals surface area contributed by atoms with Crippen molar-refractivity contribution in [1.29, 1.82) is 0 Å². The summed E-state index contributed by atoms with van der Waals surface area (Å²) in [5.74, 6) is -0.286. The Bertz CT molecular complexity index is 1240. The average molecular weight is 488 g/mol. The van der Waals surface area contributed by atoms with Crippen LogP contribution in [0.4, 0.5) is 10.1 Å². The van der Waals surface area contributed by atoms with Crippen LogP contribution in [0.5, 0.6) is 0 Å². The highest BCUT2D eigenvalue weighted by Gasteiger charge is 2.26. The summed E-state index contributed by atoms with van der Waals surface area (Å²) in [4.78, 5) is 3.39. The van der Waals surface area contributed by atoms with Crippen molar-refractivity contribution < 1.29 is 17.5 Å². The highest BCUT2D eigenvalue weighted by molar-refractivity contribution is 7.89. The van der Waals surface area contributed by atoms with Crippen LogP contribution in [-0.4, -0.2) is 55.3 Å². The number of nitrogens with zero attached hydrogens (tertiary/aromatic N) is 2. The van der Waals surface area contributed by atoms with Gasteiger partial charge in [-0.1, -0.05) is 0 Å². The molecule has 1 aliphatic heterocycles. The summed E-state index contributed by atoms with van der Waals surface area (Å²) in [6, 6.07) is 16.3. The fourth-order valence-electron chi connectivity index (χ4n) is 3.25. The molecule has 172 valence electrons. The third-order valence-electron chi connectivity index (χ3n) is 4.95. The summed E-state index contributed by atoms with van der Waals surface area (Å²) in [7, 11) is -3.54. The lowest BCUT2D eigenvalue weighted by atomic mass is 10.1. The number of hydrogen-bond donors (Lipinski definition) is 3. The lowest BCUT2D eigenvalue weighted by Gasteiger charge is -2.26. The van der Waals surface area contributed by atoms with Gasteiger partial charge in [0.1, 0.15) is 5.82 Å². The summed E-state index contributed by atoms with van der Waals surface area (Å²) in [5, 5.41) is 7.30. The number of anilines is 1. The van der Waals surface area contributed by atoms with Crippen molar-refractivity contribution in [2.45, 2.75) is 4.90 Å². The fourth-order valence-corrected chi connectivity index (χ4v) is 4.83. The molecule has 0 unspecified atom stereocenters. The van der Waals surface area contributed by atoms with E-state index >= 15 is 0 Å². The Morgan fingerprint density at radius 3 is 2.45 bits per heavy atom. The molecule has 4 rings (SSSR count). The van der Waals surface area contributed by atoms with Gasteiger partial charge in [-0.05, 0) is 78.4 Å². The number of hydrogen-bond acceptors (Lipinski definition) is 5.